The highest BCUT2D eigenvalue weighted by molar-refractivity contribution is 7.78. The molecule has 0 radical (unpaired) electrons. The van der Waals surface area contributed by atoms with E-state index in [2.05, 4.69) is 0 Å². The first-order valence-corrected chi connectivity index (χ1v) is 8.05. The van der Waals surface area contributed by atoms with Gasteiger partial charge in [0.05, 0.1) is 12.7 Å². The summed E-state index contributed by atoms with van der Waals surface area (Å²) in [6, 6.07) is 18.3. The number of hydrogen-bond acceptors (Lipinski definition) is 3. The normalized spacial score (nSPS) is 13.2. The lowest BCUT2D eigenvalue weighted by Gasteiger charge is -2.21. The molecular weight excluding hydrogens is 259 g/mol. The van der Waals surface area contributed by atoms with E-state index in [0.29, 0.717) is 10.6 Å². The van der Waals surface area contributed by atoms with Crippen molar-refractivity contribution < 1.29 is 14.8 Å². The maximum Gasteiger partial charge on any atom is 0.145 e. The summed E-state index contributed by atoms with van der Waals surface area (Å²) in [5.41, 5.74) is 0. The fourth-order valence-corrected chi connectivity index (χ4v) is 4.79. The Kier molecular flexibility index (Phi) is 4.54. The van der Waals surface area contributed by atoms with Gasteiger partial charge in [-0.25, -0.2) is 0 Å². The lowest BCUT2D eigenvalue weighted by Crippen LogP contribution is -2.26. The summed E-state index contributed by atoms with van der Waals surface area (Å²) in [6.07, 6.45) is -0.927. The van der Waals surface area contributed by atoms with Crippen LogP contribution in [0.1, 0.15) is 0 Å². The molecule has 4 heteroatoms. The molecule has 2 N–H and O–H groups in total. The molecule has 19 heavy (non-hydrogen) atoms. The van der Waals surface area contributed by atoms with E-state index in [4.69, 9.17) is 5.11 Å². The Morgan fingerprint density at radius 2 is 1.32 bits per heavy atom. The summed E-state index contributed by atoms with van der Waals surface area (Å²) >= 11 is 0. The van der Waals surface area contributed by atoms with E-state index in [1.807, 2.05) is 36.4 Å². The van der Waals surface area contributed by atoms with Crippen molar-refractivity contribution in [2.45, 2.75) is 6.10 Å². The molecule has 1 atom stereocenters. The first kappa shape index (κ1) is 14.0. The molecule has 0 bridgehead atoms. The van der Waals surface area contributed by atoms with Gasteiger partial charge in [-0.05, 0) is 0 Å². The van der Waals surface area contributed by atoms with Crippen LogP contribution in [-0.4, -0.2) is 29.1 Å². The molecule has 0 saturated carbocycles. The lowest BCUT2D eigenvalue weighted by molar-refractivity contribution is 0.112. The highest BCUT2D eigenvalue weighted by atomic mass is 31.2. The number of aliphatic hydroxyl groups is 2. The smallest absolute Gasteiger partial charge is 0.145 e. The molecule has 0 aliphatic carbocycles. The SMILES string of the molecule is O=P(CC(O)CO)(c1ccccc1)c1ccccc1. The van der Waals surface area contributed by atoms with Crippen LogP contribution in [0.4, 0.5) is 0 Å². The highest BCUT2D eigenvalue weighted by Gasteiger charge is 2.29. The monoisotopic (exact) mass is 276 g/mol. The van der Waals surface area contributed by atoms with Crippen molar-refractivity contribution in [1.29, 1.82) is 0 Å². The third-order valence-electron chi connectivity index (χ3n) is 3.03. The minimum Gasteiger partial charge on any atom is -0.394 e. The van der Waals surface area contributed by atoms with E-state index in [1.54, 1.807) is 24.3 Å². The third kappa shape index (κ3) is 3.13. The maximum atomic E-state index is 13.3. The Hall–Kier alpha value is -1.41. The Balaban J connectivity index is 2.48. The molecule has 0 spiro atoms. The molecular formula is C15H17O3P. The third-order valence-corrected chi connectivity index (χ3v) is 6.23. The van der Waals surface area contributed by atoms with E-state index in [9.17, 15) is 9.67 Å². The minimum atomic E-state index is -2.91. The molecule has 0 aliphatic heterocycles. The Morgan fingerprint density at radius 3 is 1.68 bits per heavy atom. The summed E-state index contributed by atoms with van der Waals surface area (Å²) in [7, 11) is -2.91. The minimum absolute atomic E-state index is 0.0531. The largest absolute Gasteiger partial charge is 0.394 e. The lowest BCUT2D eigenvalue weighted by atomic mass is 10.4. The van der Waals surface area contributed by atoms with Gasteiger partial charge in [-0.3, -0.25) is 0 Å². The molecule has 100 valence electrons. The van der Waals surface area contributed by atoms with Gasteiger partial charge in [0.1, 0.15) is 7.14 Å². The Bertz CT molecular complexity index is 511. The molecule has 2 aromatic carbocycles. The van der Waals surface area contributed by atoms with Crippen molar-refractivity contribution in [3.05, 3.63) is 60.7 Å². The van der Waals surface area contributed by atoms with Gasteiger partial charge in [0.2, 0.25) is 0 Å². The van der Waals surface area contributed by atoms with E-state index < -0.39 is 13.2 Å². The zero-order valence-electron chi connectivity index (χ0n) is 10.5. The molecule has 0 aliphatic rings. The molecule has 0 fully saturated rings. The highest BCUT2D eigenvalue weighted by Crippen LogP contribution is 2.43. The van der Waals surface area contributed by atoms with Crippen LogP contribution in [-0.2, 0) is 4.57 Å². The molecule has 3 nitrogen and oxygen atoms in total. The van der Waals surface area contributed by atoms with Gasteiger partial charge in [0.15, 0.2) is 0 Å². The van der Waals surface area contributed by atoms with E-state index in [-0.39, 0.29) is 12.8 Å². The summed E-state index contributed by atoms with van der Waals surface area (Å²) < 4.78 is 13.3. The zero-order valence-corrected chi connectivity index (χ0v) is 11.4. The van der Waals surface area contributed by atoms with E-state index in [0.717, 1.165) is 0 Å². The van der Waals surface area contributed by atoms with Gasteiger partial charge in [0.25, 0.3) is 0 Å². The average molecular weight is 276 g/mol. The fourth-order valence-electron chi connectivity index (χ4n) is 2.05. The molecule has 0 saturated heterocycles. The van der Waals surface area contributed by atoms with Gasteiger partial charge in [0, 0.05) is 16.8 Å². The van der Waals surface area contributed by atoms with Crippen molar-refractivity contribution in [1.82, 2.24) is 0 Å². The average Bonchev–Trinajstić information content (AvgIpc) is 2.48. The van der Waals surface area contributed by atoms with Crippen molar-refractivity contribution >= 4 is 17.8 Å². The van der Waals surface area contributed by atoms with Crippen molar-refractivity contribution in [3.8, 4) is 0 Å². The van der Waals surface area contributed by atoms with Crippen LogP contribution in [0, 0.1) is 0 Å². The fraction of sp³-hybridized carbons (Fsp3) is 0.200. The van der Waals surface area contributed by atoms with Crippen LogP contribution in [0.3, 0.4) is 0 Å². The number of hydrogen-bond donors (Lipinski definition) is 2. The molecule has 0 heterocycles. The van der Waals surface area contributed by atoms with Crippen molar-refractivity contribution in [3.63, 3.8) is 0 Å². The van der Waals surface area contributed by atoms with E-state index >= 15 is 0 Å². The molecule has 0 aromatic heterocycles. The standard InChI is InChI=1S/C15H17O3P/c16-11-13(17)12-19(18,14-7-3-1-4-8-14)15-9-5-2-6-10-15/h1-10,13,16-17H,11-12H2. The van der Waals surface area contributed by atoms with Crippen LogP contribution < -0.4 is 10.6 Å². The number of benzene rings is 2. The van der Waals surface area contributed by atoms with Gasteiger partial charge < -0.3 is 14.8 Å². The summed E-state index contributed by atoms with van der Waals surface area (Å²) in [5, 5.41) is 20.1. The summed E-state index contributed by atoms with van der Waals surface area (Å²) in [5.74, 6) is 0. The van der Waals surface area contributed by atoms with Crippen LogP contribution in [0.2, 0.25) is 0 Å². The van der Waals surface area contributed by atoms with E-state index in [1.165, 1.54) is 0 Å². The molecule has 2 aromatic rings. The topological polar surface area (TPSA) is 57.5 Å². The predicted molar refractivity (Wildman–Crippen MR) is 77.7 cm³/mol. The first-order valence-electron chi connectivity index (χ1n) is 6.16. The summed E-state index contributed by atoms with van der Waals surface area (Å²) in [6.45, 7) is -0.385. The Morgan fingerprint density at radius 1 is 0.895 bits per heavy atom. The quantitative estimate of drug-likeness (QED) is 0.811. The number of rotatable bonds is 5. The molecule has 0 amide bonds. The molecule has 2 rings (SSSR count). The van der Waals surface area contributed by atoms with Crippen LogP contribution in [0.5, 0.6) is 0 Å². The summed E-state index contributed by atoms with van der Waals surface area (Å²) in [4.78, 5) is 0. The number of aliphatic hydroxyl groups excluding tert-OH is 2. The van der Waals surface area contributed by atoms with Crippen LogP contribution in [0.15, 0.2) is 60.7 Å². The maximum absolute atomic E-state index is 13.3. The van der Waals surface area contributed by atoms with Gasteiger partial charge in [-0.2, -0.15) is 0 Å². The predicted octanol–water partition coefficient (Wildman–Crippen LogP) is 1.35. The second kappa shape index (κ2) is 6.16. The van der Waals surface area contributed by atoms with Crippen LogP contribution >= 0.6 is 7.14 Å². The van der Waals surface area contributed by atoms with Gasteiger partial charge in [-0.15, -0.1) is 0 Å². The second-order valence-electron chi connectivity index (χ2n) is 4.43. The van der Waals surface area contributed by atoms with Gasteiger partial charge in [-0.1, -0.05) is 60.7 Å². The molecule has 1 unspecified atom stereocenters. The Labute approximate surface area is 112 Å². The van der Waals surface area contributed by atoms with Crippen LogP contribution in [0.25, 0.3) is 0 Å². The first-order chi connectivity index (χ1) is 9.16. The van der Waals surface area contributed by atoms with Crippen molar-refractivity contribution in [2.75, 3.05) is 12.8 Å². The van der Waals surface area contributed by atoms with Gasteiger partial charge >= 0.3 is 0 Å². The zero-order chi connectivity index (χ0) is 13.7. The second-order valence-corrected chi connectivity index (χ2v) is 7.31. The van der Waals surface area contributed by atoms with Crippen molar-refractivity contribution in [2.24, 2.45) is 0 Å².